The van der Waals surface area contributed by atoms with Gasteiger partial charge in [0.2, 0.25) is 0 Å². The molecule has 4 aromatic carbocycles. The molecule has 0 unspecified atom stereocenters. The third-order valence-corrected chi connectivity index (χ3v) is 5.78. The lowest BCUT2D eigenvalue weighted by Crippen LogP contribution is -2.12. The number of ether oxygens (including phenoxy) is 1. The van der Waals surface area contributed by atoms with E-state index in [1.807, 2.05) is 36.4 Å². The zero-order valence-corrected chi connectivity index (χ0v) is 20.5. The maximum absolute atomic E-state index is 13.3. The van der Waals surface area contributed by atoms with E-state index in [0.29, 0.717) is 16.9 Å². The van der Waals surface area contributed by atoms with Crippen molar-refractivity contribution in [3.05, 3.63) is 102 Å². The largest absolute Gasteiger partial charge is 0.460 e. The average Bonchev–Trinajstić information content (AvgIpc) is 3.31. The molecule has 0 aliphatic rings. The second kappa shape index (κ2) is 10.0. The molecule has 192 valence electrons. The number of benzene rings is 4. The Kier molecular flexibility index (Phi) is 6.59. The molecule has 0 spiro atoms. The SMILES string of the molecule is CC(C)Oc1nc(-c2cccc(C(F)(F)F)c2)n(-c2ccc(NC(=O)c3cccc4ccccc34)cc2)n1. The number of rotatable bonds is 6. The number of halogens is 3. The van der Waals surface area contributed by atoms with Crippen molar-refractivity contribution in [1.29, 1.82) is 0 Å². The van der Waals surface area contributed by atoms with Crippen LogP contribution in [0.15, 0.2) is 91.0 Å². The number of alkyl halides is 3. The van der Waals surface area contributed by atoms with Gasteiger partial charge >= 0.3 is 12.2 Å². The Morgan fingerprint density at radius 2 is 1.63 bits per heavy atom. The van der Waals surface area contributed by atoms with Gasteiger partial charge in [-0.15, -0.1) is 5.10 Å². The number of carbonyl (C=O) groups is 1. The van der Waals surface area contributed by atoms with E-state index in [0.717, 1.165) is 22.9 Å². The van der Waals surface area contributed by atoms with Crippen LogP contribution in [0.3, 0.4) is 0 Å². The van der Waals surface area contributed by atoms with Gasteiger partial charge < -0.3 is 10.1 Å². The number of anilines is 1. The number of aromatic nitrogens is 3. The highest BCUT2D eigenvalue weighted by Gasteiger charge is 2.31. The molecule has 1 heterocycles. The van der Waals surface area contributed by atoms with E-state index in [4.69, 9.17) is 4.74 Å². The van der Waals surface area contributed by atoms with E-state index >= 15 is 0 Å². The Bertz CT molecular complexity index is 1600. The highest BCUT2D eigenvalue weighted by molar-refractivity contribution is 6.12. The van der Waals surface area contributed by atoms with Gasteiger partial charge in [0.05, 0.1) is 17.4 Å². The molecule has 0 saturated carbocycles. The molecule has 1 amide bonds. The van der Waals surface area contributed by atoms with Crippen molar-refractivity contribution in [2.24, 2.45) is 0 Å². The Morgan fingerprint density at radius 3 is 2.37 bits per heavy atom. The van der Waals surface area contributed by atoms with Crippen molar-refractivity contribution < 1.29 is 22.7 Å². The molecule has 0 saturated heterocycles. The highest BCUT2D eigenvalue weighted by Crippen LogP contribution is 2.33. The molecule has 9 heteroatoms. The molecule has 0 atom stereocenters. The summed E-state index contributed by atoms with van der Waals surface area (Å²) in [6, 6.07) is 24.9. The van der Waals surface area contributed by atoms with E-state index in [9.17, 15) is 18.0 Å². The second-order valence-corrected chi connectivity index (χ2v) is 8.90. The molecular formula is C29H23F3N4O2. The third-order valence-electron chi connectivity index (χ3n) is 5.78. The molecule has 5 aromatic rings. The van der Waals surface area contributed by atoms with Crippen LogP contribution in [0, 0.1) is 0 Å². The van der Waals surface area contributed by atoms with Crippen molar-refractivity contribution in [3.63, 3.8) is 0 Å². The van der Waals surface area contributed by atoms with Crippen LogP contribution < -0.4 is 10.1 Å². The Morgan fingerprint density at radius 1 is 0.921 bits per heavy atom. The van der Waals surface area contributed by atoms with Crippen molar-refractivity contribution in [2.75, 3.05) is 5.32 Å². The van der Waals surface area contributed by atoms with Gasteiger partial charge in [-0.05, 0) is 67.1 Å². The summed E-state index contributed by atoms with van der Waals surface area (Å²) < 4.78 is 47.1. The first-order valence-electron chi connectivity index (χ1n) is 11.9. The second-order valence-electron chi connectivity index (χ2n) is 8.90. The lowest BCUT2D eigenvalue weighted by molar-refractivity contribution is -0.137. The molecule has 1 aromatic heterocycles. The molecule has 0 aliphatic carbocycles. The van der Waals surface area contributed by atoms with Crippen molar-refractivity contribution in [2.45, 2.75) is 26.1 Å². The molecule has 0 aliphatic heterocycles. The number of hydrogen-bond acceptors (Lipinski definition) is 4. The number of nitrogens with one attached hydrogen (secondary N) is 1. The normalized spacial score (nSPS) is 11.6. The van der Waals surface area contributed by atoms with E-state index in [-0.39, 0.29) is 29.4 Å². The van der Waals surface area contributed by atoms with Crippen LogP contribution in [-0.4, -0.2) is 26.8 Å². The number of amides is 1. The van der Waals surface area contributed by atoms with Gasteiger partial charge in [0.15, 0.2) is 5.82 Å². The topological polar surface area (TPSA) is 69.0 Å². The number of nitrogens with zero attached hydrogens (tertiary/aromatic N) is 3. The monoisotopic (exact) mass is 516 g/mol. The van der Waals surface area contributed by atoms with Crippen LogP contribution in [0.2, 0.25) is 0 Å². The molecular weight excluding hydrogens is 493 g/mol. The highest BCUT2D eigenvalue weighted by atomic mass is 19.4. The summed E-state index contributed by atoms with van der Waals surface area (Å²) in [5, 5.41) is 9.08. The minimum absolute atomic E-state index is 0.0424. The first-order valence-corrected chi connectivity index (χ1v) is 11.9. The zero-order chi connectivity index (χ0) is 26.9. The van der Waals surface area contributed by atoms with Gasteiger partial charge in [-0.3, -0.25) is 4.79 Å². The van der Waals surface area contributed by atoms with Crippen molar-refractivity contribution in [1.82, 2.24) is 14.8 Å². The average molecular weight is 517 g/mol. The van der Waals surface area contributed by atoms with E-state index < -0.39 is 11.7 Å². The van der Waals surface area contributed by atoms with E-state index in [2.05, 4.69) is 15.4 Å². The molecule has 5 rings (SSSR count). The summed E-state index contributed by atoms with van der Waals surface area (Å²) in [5.41, 5.74) is 1.07. The summed E-state index contributed by atoms with van der Waals surface area (Å²) in [6.45, 7) is 3.61. The lowest BCUT2D eigenvalue weighted by atomic mass is 10.0. The molecule has 1 N–H and O–H groups in total. The standard InChI is InChI=1S/C29H23F3N4O2/c1-18(2)38-28-34-26(20-9-5-10-21(17-20)29(30,31)32)36(35-28)23-15-13-22(14-16-23)33-27(37)25-12-6-8-19-7-3-4-11-24(19)25/h3-18H,1-2H3,(H,33,37). The molecule has 0 radical (unpaired) electrons. The van der Waals surface area contributed by atoms with Crippen molar-refractivity contribution in [3.8, 4) is 23.1 Å². The summed E-state index contributed by atoms with van der Waals surface area (Å²) in [5.74, 6) is -0.0631. The van der Waals surface area contributed by atoms with Gasteiger partial charge in [0, 0.05) is 16.8 Å². The number of fused-ring (bicyclic) bond motifs is 1. The van der Waals surface area contributed by atoms with Crippen LogP contribution in [0.1, 0.15) is 29.8 Å². The van der Waals surface area contributed by atoms with Crippen LogP contribution >= 0.6 is 0 Å². The number of carbonyl (C=O) groups excluding carboxylic acids is 1. The van der Waals surface area contributed by atoms with Crippen LogP contribution in [0.25, 0.3) is 27.8 Å². The predicted octanol–water partition coefficient (Wildman–Crippen LogP) is 7.15. The molecule has 38 heavy (non-hydrogen) atoms. The minimum Gasteiger partial charge on any atom is -0.460 e. The van der Waals surface area contributed by atoms with Crippen LogP contribution in [0.5, 0.6) is 6.01 Å². The minimum atomic E-state index is -4.50. The Hall–Kier alpha value is -4.66. The first kappa shape index (κ1) is 25.0. The summed E-state index contributed by atoms with van der Waals surface area (Å²) >= 11 is 0. The molecule has 0 fully saturated rings. The van der Waals surface area contributed by atoms with Gasteiger partial charge in [-0.1, -0.05) is 48.5 Å². The summed E-state index contributed by atoms with van der Waals surface area (Å²) in [6.07, 6.45) is -4.73. The van der Waals surface area contributed by atoms with Gasteiger partial charge in [-0.2, -0.15) is 18.2 Å². The maximum atomic E-state index is 13.3. The summed E-state index contributed by atoms with van der Waals surface area (Å²) in [4.78, 5) is 17.3. The maximum Gasteiger partial charge on any atom is 0.416 e. The number of hydrogen-bond donors (Lipinski definition) is 1. The smallest absolute Gasteiger partial charge is 0.416 e. The quantitative estimate of drug-likeness (QED) is 0.260. The lowest BCUT2D eigenvalue weighted by Gasteiger charge is -2.11. The molecule has 0 bridgehead atoms. The first-order chi connectivity index (χ1) is 18.2. The predicted molar refractivity (Wildman–Crippen MR) is 139 cm³/mol. The fourth-order valence-corrected chi connectivity index (χ4v) is 4.06. The molecule has 6 nitrogen and oxygen atoms in total. The fourth-order valence-electron chi connectivity index (χ4n) is 4.06. The van der Waals surface area contributed by atoms with E-state index in [1.54, 1.807) is 44.2 Å². The Balaban J connectivity index is 1.46. The third kappa shape index (κ3) is 5.22. The van der Waals surface area contributed by atoms with E-state index in [1.165, 1.54) is 16.8 Å². The zero-order valence-electron chi connectivity index (χ0n) is 20.5. The van der Waals surface area contributed by atoms with Crippen LogP contribution in [-0.2, 0) is 6.18 Å². The Labute approximate surface area is 216 Å². The van der Waals surface area contributed by atoms with Gasteiger partial charge in [0.1, 0.15) is 0 Å². The van der Waals surface area contributed by atoms with Gasteiger partial charge in [-0.25, -0.2) is 4.68 Å². The fraction of sp³-hybridized carbons (Fsp3) is 0.138. The summed E-state index contributed by atoms with van der Waals surface area (Å²) in [7, 11) is 0. The van der Waals surface area contributed by atoms with Gasteiger partial charge in [0.25, 0.3) is 5.91 Å². The van der Waals surface area contributed by atoms with Crippen molar-refractivity contribution >= 4 is 22.4 Å². The van der Waals surface area contributed by atoms with Crippen LogP contribution in [0.4, 0.5) is 18.9 Å².